The molecule has 0 aliphatic heterocycles. The molecular formula is C15H18O7. The van der Waals surface area contributed by atoms with Gasteiger partial charge >= 0.3 is 17.9 Å². The SMILES string of the molecule is COC(=O)c1ccc(OC(C)=O)c(CO[C@@H](C)C(=O)OC)c1. The second-order valence-electron chi connectivity index (χ2n) is 4.38. The Kier molecular flexibility index (Phi) is 6.52. The smallest absolute Gasteiger partial charge is 0.337 e. The highest BCUT2D eigenvalue weighted by Gasteiger charge is 2.17. The molecule has 0 spiro atoms. The molecule has 0 aromatic heterocycles. The van der Waals surface area contributed by atoms with Gasteiger partial charge in [-0.25, -0.2) is 9.59 Å². The number of carbonyl (C=O) groups excluding carboxylic acids is 3. The molecule has 0 bridgehead atoms. The maximum atomic E-state index is 11.5. The van der Waals surface area contributed by atoms with Gasteiger partial charge in [0.05, 0.1) is 26.4 Å². The predicted molar refractivity (Wildman–Crippen MR) is 75.4 cm³/mol. The van der Waals surface area contributed by atoms with E-state index in [1.807, 2.05) is 0 Å². The maximum absolute atomic E-state index is 11.5. The summed E-state index contributed by atoms with van der Waals surface area (Å²) in [6.45, 7) is 2.75. The lowest BCUT2D eigenvalue weighted by Gasteiger charge is -2.14. The number of methoxy groups -OCH3 is 2. The quantitative estimate of drug-likeness (QED) is 0.580. The van der Waals surface area contributed by atoms with Crippen LogP contribution in [0.4, 0.5) is 0 Å². The Labute approximate surface area is 128 Å². The van der Waals surface area contributed by atoms with E-state index in [0.29, 0.717) is 5.56 Å². The average molecular weight is 310 g/mol. The van der Waals surface area contributed by atoms with Crippen LogP contribution in [-0.4, -0.2) is 38.2 Å². The minimum absolute atomic E-state index is 0.0380. The fourth-order valence-corrected chi connectivity index (χ4v) is 1.64. The summed E-state index contributed by atoms with van der Waals surface area (Å²) in [5.74, 6) is -1.32. The number of hydrogen-bond acceptors (Lipinski definition) is 7. The van der Waals surface area contributed by atoms with Crippen LogP contribution < -0.4 is 4.74 Å². The van der Waals surface area contributed by atoms with Gasteiger partial charge in [-0.15, -0.1) is 0 Å². The van der Waals surface area contributed by atoms with E-state index in [9.17, 15) is 14.4 Å². The van der Waals surface area contributed by atoms with Gasteiger partial charge in [-0.2, -0.15) is 0 Å². The van der Waals surface area contributed by atoms with Gasteiger partial charge in [0.15, 0.2) is 6.10 Å². The van der Waals surface area contributed by atoms with E-state index in [4.69, 9.17) is 9.47 Å². The van der Waals surface area contributed by atoms with E-state index in [0.717, 1.165) is 0 Å². The van der Waals surface area contributed by atoms with Crippen molar-refractivity contribution in [3.63, 3.8) is 0 Å². The van der Waals surface area contributed by atoms with Gasteiger partial charge in [-0.05, 0) is 25.1 Å². The third-order valence-corrected chi connectivity index (χ3v) is 2.76. The van der Waals surface area contributed by atoms with Crippen molar-refractivity contribution < 1.29 is 33.3 Å². The van der Waals surface area contributed by atoms with Gasteiger partial charge in [0.25, 0.3) is 0 Å². The van der Waals surface area contributed by atoms with Gasteiger partial charge in [0.1, 0.15) is 5.75 Å². The second-order valence-corrected chi connectivity index (χ2v) is 4.38. The van der Waals surface area contributed by atoms with Gasteiger partial charge < -0.3 is 18.9 Å². The van der Waals surface area contributed by atoms with Crippen LogP contribution >= 0.6 is 0 Å². The van der Waals surface area contributed by atoms with Crippen LogP contribution in [0.2, 0.25) is 0 Å². The van der Waals surface area contributed by atoms with Crippen LogP contribution in [-0.2, 0) is 30.4 Å². The van der Waals surface area contributed by atoms with Gasteiger partial charge in [-0.1, -0.05) is 0 Å². The van der Waals surface area contributed by atoms with Crippen molar-refractivity contribution >= 4 is 17.9 Å². The van der Waals surface area contributed by atoms with E-state index >= 15 is 0 Å². The normalized spacial score (nSPS) is 11.5. The van der Waals surface area contributed by atoms with Crippen molar-refractivity contribution in [2.45, 2.75) is 26.6 Å². The Bertz CT molecular complexity index is 565. The second kappa shape index (κ2) is 8.14. The van der Waals surface area contributed by atoms with E-state index < -0.39 is 24.0 Å². The van der Waals surface area contributed by atoms with E-state index in [-0.39, 0.29) is 17.9 Å². The first-order valence-corrected chi connectivity index (χ1v) is 6.48. The van der Waals surface area contributed by atoms with Gasteiger partial charge in [-0.3, -0.25) is 4.79 Å². The minimum atomic E-state index is -0.794. The molecule has 1 aromatic carbocycles. The summed E-state index contributed by atoms with van der Waals surface area (Å²) in [7, 11) is 2.52. The van der Waals surface area contributed by atoms with Crippen molar-refractivity contribution in [3.8, 4) is 5.75 Å². The third-order valence-electron chi connectivity index (χ3n) is 2.76. The van der Waals surface area contributed by atoms with Crippen LogP contribution in [0.5, 0.6) is 5.75 Å². The van der Waals surface area contributed by atoms with Crippen LogP contribution in [0.25, 0.3) is 0 Å². The molecule has 1 aromatic rings. The Morgan fingerprint density at radius 2 is 1.82 bits per heavy atom. The zero-order chi connectivity index (χ0) is 16.7. The van der Waals surface area contributed by atoms with Crippen LogP contribution in [0.15, 0.2) is 18.2 Å². The molecule has 0 unspecified atom stereocenters. The highest BCUT2D eigenvalue weighted by atomic mass is 16.6. The van der Waals surface area contributed by atoms with E-state index in [1.165, 1.54) is 46.3 Å². The molecule has 22 heavy (non-hydrogen) atoms. The Balaban J connectivity index is 2.98. The first kappa shape index (κ1) is 17.6. The van der Waals surface area contributed by atoms with Crippen molar-refractivity contribution in [2.75, 3.05) is 14.2 Å². The highest BCUT2D eigenvalue weighted by Crippen LogP contribution is 2.22. The summed E-state index contributed by atoms with van der Waals surface area (Å²) in [4.78, 5) is 34.0. The molecule has 0 saturated heterocycles. The third kappa shape index (κ3) is 4.85. The minimum Gasteiger partial charge on any atom is -0.467 e. The zero-order valence-corrected chi connectivity index (χ0v) is 12.9. The monoisotopic (exact) mass is 310 g/mol. The van der Waals surface area contributed by atoms with Crippen LogP contribution in [0, 0.1) is 0 Å². The number of rotatable bonds is 6. The van der Waals surface area contributed by atoms with Crippen LogP contribution in [0.3, 0.4) is 0 Å². The molecule has 0 heterocycles. The lowest BCUT2D eigenvalue weighted by molar-refractivity contribution is -0.153. The predicted octanol–water partition coefficient (Wildman–Crippen LogP) is 1.48. The number of ether oxygens (including phenoxy) is 4. The fraction of sp³-hybridized carbons (Fsp3) is 0.400. The molecule has 0 fully saturated rings. The molecule has 1 atom stereocenters. The number of carbonyl (C=O) groups is 3. The van der Waals surface area contributed by atoms with Crippen molar-refractivity contribution in [1.82, 2.24) is 0 Å². The van der Waals surface area contributed by atoms with Crippen LogP contribution in [0.1, 0.15) is 29.8 Å². The van der Waals surface area contributed by atoms with Gasteiger partial charge in [0, 0.05) is 12.5 Å². The number of hydrogen-bond donors (Lipinski definition) is 0. The molecule has 7 heteroatoms. The maximum Gasteiger partial charge on any atom is 0.337 e. The molecule has 0 N–H and O–H groups in total. The highest BCUT2D eigenvalue weighted by molar-refractivity contribution is 5.89. The summed E-state index contributed by atoms with van der Waals surface area (Å²) in [5, 5.41) is 0. The summed E-state index contributed by atoms with van der Waals surface area (Å²) >= 11 is 0. The molecule has 7 nitrogen and oxygen atoms in total. The lowest BCUT2D eigenvalue weighted by Crippen LogP contribution is -2.22. The summed E-state index contributed by atoms with van der Waals surface area (Å²) in [5.41, 5.74) is 0.719. The standard InChI is InChI=1S/C15H18O7/c1-9(14(17)19-3)21-8-12-7-11(15(18)20-4)5-6-13(12)22-10(2)16/h5-7,9H,8H2,1-4H3/t9-/m0/s1. The molecule has 120 valence electrons. The molecular weight excluding hydrogens is 292 g/mol. The van der Waals surface area contributed by atoms with Crippen molar-refractivity contribution in [3.05, 3.63) is 29.3 Å². The first-order valence-electron chi connectivity index (χ1n) is 6.48. The topological polar surface area (TPSA) is 88.1 Å². The summed E-state index contributed by atoms with van der Waals surface area (Å²) in [6, 6.07) is 4.42. The van der Waals surface area contributed by atoms with Crippen molar-refractivity contribution in [1.29, 1.82) is 0 Å². The lowest BCUT2D eigenvalue weighted by atomic mass is 10.1. The molecule has 0 aliphatic rings. The van der Waals surface area contributed by atoms with E-state index in [1.54, 1.807) is 0 Å². The molecule has 0 saturated carbocycles. The Morgan fingerprint density at radius 3 is 2.36 bits per heavy atom. The van der Waals surface area contributed by atoms with E-state index in [2.05, 4.69) is 9.47 Å². The summed E-state index contributed by atoms with van der Waals surface area (Å²) in [6.07, 6.45) is -0.794. The summed E-state index contributed by atoms with van der Waals surface area (Å²) < 4.78 is 19.6. The molecule has 0 aliphatic carbocycles. The number of benzene rings is 1. The average Bonchev–Trinajstić information content (AvgIpc) is 2.51. The Morgan fingerprint density at radius 1 is 1.14 bits per heavy atom. The first-order chi connectivity index (χ1) is 10.4. The number of esters is 3. The molecule has 0 radical (unpaired) electrons. The molecule has 1 rings (SSSR count). The largest absolute Gasteiger partial charge is 0.467 e. The zero-order valence-electron chi connectivity index (χ0n) is 12.9. The van der Waals surface area contributed by atoms with Crippen molar-refractivity contribution in [2.24, 2.45) is 0 Å². The Hall–Kier alpha value is -2.41. The van der Waals surface area contributed by atoms with Gasteiger partial charge in [0.2, 0.25) is 0 Å². The molecule has 0 amide bonds. The fourth-order valence-electron chi connectivity index (χ4n) is 1.64.